The molecule has 5 nitrogen and oxygen atoms in total. The lowest BCUT2D eigenvalue weighted by Gasteiger charge is -2.23. The third kappa shape index (κ3) is 3.40. The number of carbonyl (C=O) groups excluding carboxylic acids is 2. The van der Waals surface area contributed by atoms with Crippen LogP contribution in [0.5, 0.6) is 0 Å². The second-order valence-corrected chi connectivity index (χ2v) is 8.76. The molecule has 1 amide bonds. The Labute approximate surface area is 183 Å². The predicted molar refractivity (Wildman–Crippen MR) is 118 cm³/mol. The summed E-state index contributed by atoms with van der Waals surface area (Å²) < 4.78 is 6.06. The standard InChI is InChI=1S/C24H22BrNO4/c1-14-4-6-17(7-5-14)12-26-20-9-8-18(25)10-19(20)24(29,23(26)28)11-21(27)22-15(2)13-30-16(22)3/h4-10,13,29H,11-12H2,1-3H3/t24-/m0/s1. The second kappa shape index (κ2) is 7.52. The van der Waals surface area contributed by atoms with Crippen molar-refractivity contribution in [2.75, 3.05) is 4.90 Å². The highest BCUT2D eigenvalue weighted by Gasteiger charge is 2.51. The van der Waals surface area contributed by atoms with Gasteiger partial charge < -0.3 is 14.4 Å². The van der Waals surface area contributed by atoms with Gasteiger partial charge in [0.2, 0.25) is 0 Å². The summed E-state index contributed by atoms with van der Waals surface area (Å²) in [6.45, 7) is 5.79. The molecule has 3 aromatic rings. The van der Waals surface area contributed by atoms with Crippen molar-refractivity contribution < 1.29 is 19.1 Å². The first-order valence-electron chi connectivity index (χ1n) is 9.68. The van der Waals surface area contributed by atoms with Crippen LogP contribution in [-0.4, -0.2) is 16.8 Å². The number of amides is 1. The zero-order valence-electron chi connectivity index (χ0n) is 17.0. The molecule has 1 atom stereocenters. The number of nitrogens with zero attached hydrogens (tertiary/aromatic N) is 1. The molecule has 0 saturated carbocycles. The molecule has 0 saturated heterocycles. The Bertz CT molecular complexity index is 1130. The Morgan fingerprint density at radius 3 is 2.47 bits per heavy atom. The van der Waals surface area contributed by atoms with Crippen molar-refractivity contribution in [1.29, 1.82) is 0 Å². The average molecular weight is 468 g/mol. The molecule has 1 aliphatic heterocycles. The fourth-order valence-corrected chi connectivity index (χ4v) is 4.40. The van der Waals surface area contributed by atoms with Crippen LogP contribution in [0.3, 0.4) is 0 Å². The van der Waals surface area contributed by atoms with Crippen LogP contribution in [0, 0.1) is 20.8 Å². The molecule has 0 fully saturated rings. The van der Waals surface area contributed by atoms with Crippen molar-refractivity contribution in [2.24, 2.45) is 0 Å². The number of halogens is 1. The molecule has 4 rings (SSSR count). The van der Waals surface area contributed by atoms with E-state index in [1.54, 1.807) is 30.9 Å². The Balaban J connectivity index is 1.73. The first-order chi connectivity index (χ1) is 14.2. The Morgan fingerprint density at radius 2 is 1.83 bits per heavy atom. The number of hydrogen-bond acceptors (Lipinski definition) is 4. The zero-order valence-corrected chi connectivity index (χ0v) is 18.6. The van der Waals surface area contributed by atoms with Gasteiger partial charge in [0, 0.05) is 10.0 Å². The van der Waals surface area contributed by atoms with Crippen LogP contribution >= 0.6 is 15.9 Å². The maximum absolute atomic E-state index is 13.4. The Kier molecular flexibility index (Phi) is 5.16. The van der Waals surface area contributed by atoms with Gasteiger partial charge in [-0.25, -0.2) is 0 Å². The molecule has 1 N–H and O–H groups in total. The van der Waals surface area contributed by atoms with Crippen molar-refractivity contribution in [3.63, 3.8) is 0 Å². The van der Waals surface area contributed by atoms with E-state index in [9.17, 15) is 14.7 Å². The third-order valence-corrected chi connectivity index (χ3v) is 6.10. The summed E-state index contributed by atoms with van der Waals surface area (Å²) >= 11 is 3.42. The number of aliphatic hydroxyl groups is 1. The van der Waals surface area contributed by atoms with Crippen molar-refractivity contribution in [2.45, 2.75) is 39.3 Å². The molecule has 0 spiro atoms. The van der Waals surface area contributed by atoms with E-state index in [1.807, 2.05) is 37.3 Å². The normalized spacial score (nSPS) is 18.0. The molecule has 2 heterocycles. The minimum atomic E-state index is -1.93. The molecule has 6 heteroatoms. The zero-order chi connectivity index (χ0) is 21.6. The van der Waals surface area contributed by atoms with Crippen LogP contribution in [0.25, 0.3) is 0 Å². The van der Waals surface area contributed by atoms with Gasteiger partial charge in [0.25, 0.3) is 5.91 Å². The Hall–Kier alpha value is -2.70. The lowest BCUT2D eigenvalue weighted by molar-refractivity contribution is -0.136. The molecule has 2 aromatic carbocycles. The number of Topliss-reactive ketones (excluding diaryl/α,β-unsaturated/α-hetero) is 1. The minimum absolute atomic E-state index is 0.314. The number of fused-ring (bicyclic) bond motifs is 1. The summed E-state index contributed by atoms with van der Waals surface area (Å²) in [4.78, 5) is 28.0. The molecule has 1 aromatic heterocycles. The largest absolute Gasteiger partial charge is 0.469 e. The van der Waals surface area contributed by atoms with Gasteiger partial charge in [0.05, 0.1) is 30.5 Å². The number of aryl methyl sites for hydroxylation is 3. The van der Waals surface area contributed by atoms with Gasteiger partial charge in [-0.15, -0.1) is 0 Å². The van der Waals surface area contributed by atoms with Gasteiger partial charge in [0.1, 0.15) is 5.76 Å². The van der Waals surface area contributed by atoms with Crippen LogP contribution in [0.1, 0.15) is 44.8 Å². The van der Waals surface area contributed by atoms with E-state index in [2.05, 4.69) is 15.9 Å². The number of ketones is 1. The van der Waals surface area contributed by atoms with E-state index in [0.29, 0.717) is 34.7 Å². The average Bonchev–Trinajstić information content (AvgIpc) is 3.13. The van der Waals surface area contributed by atoms with Crippen molar-refractivity contribution in [3.8, 4) is 0 Å². The maximum atomic E-state index is 13.4. The highest BCUT2D eigenvalue weighted by atomic mass is 79.9. The van der Waals surface area contributed by atoms with E-state index in [4.69, 9.17) is 4.42 Å². The van der Waals surface area contributed by atoms with Crippen LogP contribution < -0.4 is 4.90 Å². The first kappa shape index (κ1) is 20.6. The van der Waals surface area contributed by atoms with Crippen LogP contribution in [0.2, 0.25) is 0 Å². The molecule has 154 valence electrons. The summed E-state index contributed by atoms with van der Waals surface area (Å²) in [6.07, 6.45) is 1.16. The number of hydrogen-bond donors (Lipinski definition) is 1. The van der Waals surface area contributed by atoms with Crippen LogP contribution in [0.15, 0.2) is 57.6 Å². The fourth-order valence-electron chi connectivity index (χ4n) is 4.04. The monoisotopic (exact) mass is 467 g/mol. The third-order valence-electron chi connectivity index (χ3n) is 5.61. The molecule has 0 radical (unpaired) electrons. The molecule has 0 unspecified atom stereocenters. The summed E-state index contributed by atoms with van der Waals surface area (Å²) in [6, 6.07) is 13.2. The number of anilines is 1. The van der Waals surface area contributed by atoms with Crippen LogP contribution in [-0.2, 0) is 16.9 Å². The highest BCUT2D eigenvalue weighted by molar-refractivity contribution is 9.10. The number of carbonyl (C=O) groups is 2. The quantitative estimate of drug-likeness (QED) is 0.537. The van der Waals surface area contributed by atoms with Gasteiger partial charge in [-0.05, 0) is 50.1 Å². The van der Waals surface area contributed by atoms with Crippen molar-refractivity contribution >= 4 is 33.3 Å². The van der Waals surface area contributed by atoms with Crippen molar-refractivity contribution in [3.05, 3.63) is 86.8 Å². The van der Waals surface area contributed by atoms with Gasteiger partial charge in [-0.1, -0.05) is 45.8 Å². The van der Waals surface area contributed by atoms with Gasteiger partial charge >= 0.3 is 0 Å². The molecule has 1 aliphatic rings. The summed E-state index contributed by atoms with van der Waals surface area (Å²) in [5.74, 6) is -0.335. The smallest absolute Gasteiger partial charge is 0.264 e. The molecule has 30 heavy (non-hydrogen) atoms. The number of rotatable bonds is 5. The topological polar surface area (TPSA) is 70.8 Å². The van der Waals surface area contributed by atoms with E-state index in [0.717, 1.165) is 15.6 Å². The fraction of sp³-hybridized carbons (Fsp3) is 0.250. The SMILES string of the molecule is Cc1ccc(CN2C(=O)[C@](O)(CC(=O)c3c(C)coc3C)c3cc(Br)ccc32)cc1. The first-order valence-corrected chi connectivity index (χ1v) is 10.5. The summed E-state index contributed by atoms with van der Waals surface area (Å²) in [7, 11) is 0. The molecular weight excluding hydrogens is 446 g/mol. The summed E-state index contributed by atoms with van der Waals surface area (Å²) in [5, 5.41) is 11.5. The van der Waals surface area contributed by atoms with Crippen LogP contribution in [0.4, 0.5) is 5.69 Å². The van der Waals surface area contributed by atoms with E-state index >= 15 is 0 Å². The highest BCUT2D eigenvalue weighted by Crippen LogP contribution is 2.45. The Morgan fingerprint density at radius 1 is 1.13 bits per heavy atom. The number of benzene rings is 2. The predicted octanol–water partition coefficient (Wildman–Crippen LogP) is 4.97. The summed E-state index contributed by atoms with van der Waals surface area (Å²) in [5.41, 5.74) is 2.30. The van der Waals surface area contributed by atoms with E-state index < -0.39 is 11.5 Å². The van der Waals surface area contributed by atoms with E-state index in [1.165, 1.54) is 6.26 Å². The van der Waals surface area contributed by atoms with Gasteiger partial charge in [0.15, 0.2) is 11.4 Å². The van der Waals surface area contributed by atoms with Gasteiger partial charge in [-0.3, -0.25) is 9.59 Å². The molecule has 0 aliphatic carbocycles. The van der Waals surface area contributed by atoms with Crippen molar-refractivity contribution in [1.82, 2.24) is 0 Å². The van der Waals surface area contributed by atoms with E-state index in [-0.39, 0.29) is 12.2 Å². The second-order valence-electron chi connectivity index (χ2n) is 7.85. The number of furan rings is 1. The molecular formula is C24H22BrNO4. The lowest BCUT2D eigenvalue weighted by Crippen LogP contribution is -2.41. The maximum Gasteiger partial charge on any atom is 0.264 e. The van der Waals surface area contributed by atoms with Gasteiger partial charge in [-0.2, -0.15) is 0 Å². The molecule has 0 bridgehead atoms. The minimum Gasteiger partial charge on any atom is -0.469 e. The lowest BCUT2D eigenvalue weighted by atomic mass is 9.87.